The number of hydrogen-bond acceptors (Lipinski definition) is 12. The zero-order chi connectivity index (χ0) is 33.8. The fraction of sp³-hybridized carbons (Fsp3) is 0.686. The number of carbonyl (C=O) groups excluding carboxylic acids is 3. The molecular formula is C35H42O12. The number of fused-ring (bicyclic) bond motifs is 4. The first-order valence-electron chi connectivity index (χ1n) is 16.4. The molecule has 254 valence electrons. The molecule has 47 heavy (non-hydrogen) atoms. The van der Waals surface area contributed by atoms with Crippen LogP contribution in [0.25, 0.3) is 0 Å². The van der Waals surface area contributed by atoms with E-state index in [-0.39, 0.29) is 19.3 Å². The summed E-state index contributed by atoms with van der Waals surface area (Å²) in [6.07, 6.45) is 3.39. The highest BCUT2D eigenvalue weighted by Crippen LogP contribution is 2.88. The van der Waals surface area contributed by atoms with Crippen molar-refractivity contribution >= 4 is 17.9 Å². The van der Waals surface area contributed by atoms with Gasteiger partial charge in [0, 0.05) is 46.3 Å². The van der Waals surface area contributed by atoms with E-state index in [1.54, 1.807) is 26.0 Å². The minimum absolute atomic E-state index is 0.0162. The molecule has 3 aliphatic heterocycles. The van der Waals surface area contributed by atoms with Crippen LogP contribution in [0, 0.1) is 22.2 Å². The Balaban J connectivity index is 1.43. The number of ether oxygens (including phenoxy) is 6. The highest BCUT2D eigenvalue weighted by molar-refractivity contribution is 5.88. The predicted molar refractivity (Wildman–Crippen MR) is 159 cm³/mol. The first kappa shape index (κ1) is 31.3. The lowest BCUT2D eigenvalue weighted by Crippen LogP contribution is -2.92. The Bertz CT molecular complexity index is 1670. The van der Waals surface area contributed by atoms with E-state index in [1.807, 2.05) is 27.7 Å². The molecule has 0 radical (unpaired) electrons. The van der Waals surface area contributed by atoms with E-state index in [0.717, 1.165) is 0 Å². The van der Waals surface area contributed by atoms with Crippen molar-refractivity contribution in [3.63, 3.8) is 0 Å². The van der Waals surface area contributed by atoms with E-state index in [1.165, 1.54) is 25.7 Å². The first-order chi connectivity index (χ1) is 22.0. The van der Waals surface area contributed by atoms with E-state index in [2.05, 4.69) is 0 Å². The van der Waals surface area contributed by atoms with Crippen LogP contribution < -0.4 is 0 Å². The van der Waals surface area contributed by atoms with Crippen LogP contribution in [0.1, 0.15) is 85.3 Å². The van der Waals surface area contributed by atoms with Gasteiger partial charge in [0.2, 0.25) is 0 Å². The van der Waals surface area contributed by atoms with Gasteiger partial charge in [-0.25, -0.2) is 9.59 Å². The topological polar surface area (TPSA) is 160 Å². The molecule has 4 bridgehead atoms. The maximum absolute atomic E-state index is 13.5. The summed E-state index contributed by atoms with van der Waals surface area (Å²) >= 11 is 0. The molecular weight excluding hydrogens is 612 g/mol. The highest BCUT2D eigenvalue weighted by Gasteiger charge is 3.02. The molecule has 4 heterocycles. The average molecular weight is 655 g/mol. The second-order valence-corrected chi connectivity index (χ2v) is 15.3. The molecule has 1 spiro atoms. The third-order valence-corrected chi connectivity index (χ3v) is 13.7. The number of cyclic esters (lactones) is 1. The summed E-state index contributed by atoms with van der Waals surface area (Å²) in [6, 6.07) is 1.75. The molecule has 4 saturated carbocycles. The second kappa shape index (κ2) is 8.95. The molecule has 12 nitrogen and oxygen atoms in total. The Morgan fingerprint density at radius 2 is 1.89 bits per heavy atom. The number of esters is 3. The van der Waals surface area contributed by atoms with Crippen molar-refractivity contribution in [2.24, 2.45) is 22.2 Å². The largest absolute Gasteiger partial charge is 0.472 e. The van der Waals surface area contributed by atoms with Crippen LogP contribution in [0.15, 0.2) is 46.3 Å². The number of methoxy groups -OCH3 is 1. The van der Waals surface area contributed by atoms with E-state index in [9.17, 15) is 24.6 Å². The summed E-state index contributed by atoms with van der Waals surface area (Å²) in [6.45, 7) is 10.8. The van der Waals surface area contributed by atoms with Gasteiger partial charge in [0.05, 0.1) is 19.6 Å². The Hall–Kier alpha value is -3.03. The van der Waals surface area contributed by atoms with Crippen molar-refractivity contribution in [1.29, 1.82) is 0 Å². The average Bonchev–Trinajstić information content (AvgIpc) is 3.83. The van der Waals surface area contributed by atoms with Gasteiger partial charge in [0.15, 0.2) is 11.2 Å². The van der Waals surface area contributed by atoms with Crippen LogP contribution in [0.3, 0.4) is 0 Å². The molecule has 7 aliphatic rings. The number of rotatable bonds is 6. The van der Waals surface area contributed by atoms with Crippen LogP contribution in [-0.2, 0) is 42.8 Å². The standard InChI is InChI=1S/C35H42O12/c1-8-18(3)25(38)44-26-29(5)17-31(39)30(6,20(29)14-22(36)41-7)32-12-11-28(4)21(15-23(37)43-24(28)19-10-13-42-16-19)35(32)27(34(26,31)40)45-33(9-2,46-32)47-35/h8,10,13,15-16,20,24,26-27,39-40H,9,11-12,14,17H2,1-7H3/b18-8+/t20-,24-,26-,27+,28+,29+,30+,31+,32-,33?,34-,35+/m0/s1. The van der Waals surface area contributed by atoms with Crippen molar-refractivity contribution < 1.29 is 57.4 Å². The number of furan rings is 1. The number of carbonyl (C=O) groups is 3. The molecule has 1 aromatic rings. The summed E-state index contributed by atoms with van der Waals surface area (Å²) in [7, 11) is 1.30. The smallest absolute Gasteiger partial charge is 0.333 e. The molecule has 8 rings (SSSR count). The Morgan fingerprint density at radius 1 is 1.15 bits per heavy atom. The minimum Gasteiger partial charge on any atom is -0.472 e. The zero-order valence-electron chi connectivity index (χ0n) is 27.7. The van der Waals surface area contributed by atoms with Gasteiger partial charge >= 0.3 is 17.9 Å². The van der Waals surface area contributed by atoms with Crippen LogP contribution in [-0.4, -0.2) is 75.8 Å². The molecule has 1 unspecified atom stereocenters. The molecule has 2 N–H and O–H groups in total. The van der Waals surface area contributed by atoms with Crippen molar-refractivity contribution in [3.8, 4) is 0 Å². The third-order valence-electron chi connectivity index (χ3n) is 13.7. The molecule has 0 amide bonds. The molecule has 12 heteroatoms. The van der Waals surface area contributed by atoms with Crippen LogP contribution in [0.5, 0.6) is 0 Å². The van der Waals surface area contributed by atoms with E-state index >= 15 is 0 Å². The van der Waals surface area contributed by atoms with Gasteiger partial charge in [-0.05, 0) is 50.7 Å². The monoisotopic (exact) mass is 654 g/mol. The summed E-state index contributed by atoms with van der Waals surface area (Å²) in [5, 5.41) is 26.7. The van der Waals surface area contributed by atoms with Crippen molar-refractivity contribution in [1.82, 2.24) is 0 Å². The normalized spacial score (nSPS) is 51.6. The predicted octanol–water partition coefficient (Wildman–Crippen LogP) is 3.55. The summed E-state index contributed by atoms with van der Waals surface area (Å²) in [4.78, 5) is 40.3. The van der Waals surface area contributed by atoms with Crippen molar-refractivity contribution in [3.05, 3.63) is 47.5 Å². The lowest BCUT2D eigenvalue weighted by atomic mass is 9.35. The second-order valence-electron chi connectivity index (χ2n) is 15.3. The fourth-order valence-electron chi connectivity index (χ4n) is 11.6. The van der Waals surface area contributed by atoms with Gasteiger partial charge in [-0.15, -0.1) is 0 Å². The van der Waals surface area contributed by atoms with Crippen molar-refractivity contribution in [2.45, 2.75) is 120 Å². The van der Waals surface area contributed by atoms with Crippen LogP contribution in [0.2, 0.25) is 0 Å². The van der Waals surface area contributed by atoms with Gasteiger partial charge in [0.25, 0.3) is 5.97 Å². The SMILES string of the molecule is C/C=C(\C)C(=O)O[C@H]1[C@]2(C)C[C@]3(O)[C@@]1(O)[C@H]1OC4(CC)O[C@@]5(CC[C@]6(C)C(=CC(=O)O[C@H]6c6ccoc6)[C@@]15O4)[C@]3(C)[C@H]2CC(=O)OC. The molecule has 6 fully saturated rings. The van der Waals surface area contributed by atoms with Gasteiger partial charge in [-0.3, -0.25) is 4.79 Å². The zero-order valence-corrected chi connectivity index (χ0v) is 27.7. The number of hydrogen-bond donors (Lipinski definition) is 2. The minimum atomic E-state index is -2.26. The van der Waals surface area contributed by atoms with Crippen LogP contribution in [0.4, 0.5) is 0 Å². The Kier molecular flexibility index (Phi) is 5.95. The summed E-state index contributed by atoms with van der Waals surface area (Å²) in [5.74, 6) is -4.20. The van der Waals surface area contributed by atoms with Gasteiger partial charge < -0.3 is 43.1 Å². The van der Waals surface area contributed by atoms with Gasteiger partial charge in [-0.1, -0.05) is 33.8 Å². The number of aliphatic hydroxyl groups is 2. The van der Waals surface area contributed by atoms with E-state index in [0.29, 0.717) is 29.6 Å². The van der Waals surface area contributed by atoms with Crippen LogP contribution >= 0.6 is 0 Å². The Morgan fingerprint density at radius 3 is 2.53 bits per heavy atom. The third kappa shape index (κ3) is 3.00. The first-order valence-corrected chi connectivity index (χ1v) is 16.4. The fourth-order valence-corrected chi connectivity index (χ4v) is 11.6. The highest BCUT2D eigenvalue weighted by atomic mass is 16.9. The van der Waals surface area contributed by atoms with Crippen molar-refractivity contribution in [2.75, 3.05) is 7.11 Å². The van der Waals surface area contributed by atoms with E-state index in [4.69, 9.17) is 32.8 Å². The quantitative estimate of drug-likeness (QED) is 0.261. The molecule has 4 aliphatic carbocycles. The summed E-state index contributed by atoms with van der Waals surface area (Å²) in [5.41, 5.74) is -9.26. The Labute approximate surface area is 272 Å². The number of allylic oxidation sites excluding steroid dienone is 1. The summed E-state index contributed by atoms with van der Waals surface area (Å²) < 4.78 is 43.6. The van der Waals surface area contributed by atoms with Gasteiger partial charge in [-0.2, -0.15) is 0 Å². The molecule has 0 aromatic carbocycles. The lowest BCUT2D eigenvalue weighted by molar-refractivity contribution is -0.447. The maximum atomic E-state index is 13.5. The molecule has 2 saturated heterocycles. The van der Waals surface area contributed by atoms with E-state index < -0.39 is 86.8 Å². The van der Waals surface area contributed by atoms with Gasteiger partial charge in [0.1, 0.15) is 29.5 Å². The molecule has 1 aromatic heterocycles. The molecule has 12 atom stereocenters. The maximum Gasteiger partial charge on any atom is 0.333 e. The lowest BCUT2D eigenvalue weighted by Gasteiger charge is -2.75.